The summed E-state index contributed by atoms with van der Waals surface area (Å²) in [6.45, 7) is 1.38. The maximum atomic E-state index is 11.2. The van der Waals surface area contributed by atoms with Gasteiger partial charge in [-0.15, -0.1) is 0 Å². The Balaban J connectivity index is 1.56. The Bertz CT molecular complexity index is 1380. The van der Waals surface area contributed by atoms with Crippen molar-refractivity contribution in [2.24, 2.45) is 0 Å². The zero-order valence-corrected chi connectivity index (χ0v) is 21.4. The number of nitrogens with zero attached hydrogens (tertiary/aromatic N) is 1. The topological polar surface area (TPSA) is 62.2 Å². The lowest BCUT2D eigenvalue weighted by Crippen LogP contribution is -2.19. The summed E-state index contributed by atoms with van der Waals surface area (Å²) >= 11 is 0. The van der Waals surface area contributed by atoms with Crippen molar-refractivity contribution in [3.8, 4) is 39.9 Å². The van der Waals surface area contributed by atoms with Crippen LogP contribution in [0.4, 0.5) is 0 Å². The highest BCUT2D eigenvalue weighted by atomic mass is 16.5. The second-order valence-electron chi connectivity index (χ2n) is 9.84. The normalized spacial score (nSPS) is 13.1. The third-order valence-electron chi connectivity index (χ3n) is 6.80. The van der Waals surface area contributed by atoms with Crippen LogP contribution in [0.15, 0.2) is 78.9 Å². The van der Waals surface area contributed by atoms with Crippen LogP contribution in [0, 0.1) is 0 Å². The molecule has 0 aromatic heterocycles. The smallest absolute Gasteiger partial charge is 0.169 e. The average molecular weight is 496 g/mol. The van der Waals surface area contributed by atoms with Crippen LogP contribution < -0.4 is 9.47 Å². The van der Waals surface area contributed by atoms with E-state index in [0.717, 1.165) is 65.8 Å². The number of rotatable bonds is 4. The SMILES string of the molecule is CN(C)CCOc1cccc2c1-c1ccc(cc1O)CCc1ccc(O)c(c1)Oc1ccc(cc1)CC2. The maximum absolute atomic E-state index is 11.2. The summed E-state index contributed by atoms with van der Waals surface area (Å²) < 4.78 is 12.2. The summed E-state index contributed by atoms with van der Waals surface area (Å²) in [5.41, 5.74) is 6.14. The monoisotopic (exact) mass is 495 g/mol. The molecule has 0 radical (unpaired) electrons. The van der Waals surface area contributed by atoms with E-state index in [9.17, 15) is 10.2 Å². The van der Waals surface area contributed by atoms with Gasteiger partial charge in [0, 0.05) is 17.7 Å². The number of phenols is 2. The highest BCUT2D eigenvalue weighted by Crippen LogP contribution is 2.40. The number of likely N-dealkylation sites (N-methyl/N-ethyl adjacent to an activating group) is 1. The van der Waals surface area contributed by atoms with Gasteiger partial charge in [-0.05, 0) is 98.4 Å². The lowest BCUT2D eigenvalue weighted by atomic mass is 9.92. The molecule has 4 aromatic rings. The van der Waals surface area contributed by atoms with Crippen molar-refractivity contribution in [2.75, 3.05) is 27.2 Å². The van der Waals surface area contributed by atoms with E-state index >= 15 is 0 Å². The van der Waals surface area contributed by atoms with Crippen molar-refractivity contribution in [3.05, 3.63) is 101 Å². The van der Waals surface area contributed by atoms with Crippen LogP contribution in [0.5, 0.6) is 28.7 Å². The van der Waals surface area contributed by atoms with Crippen LogP contribution in [-0.2, 0) is 25.7 Å². The predicted octanol–water partition coefficient (Wildman–Crippen LogP) is 6.38. The molecule has 4 aliphatic heterocycles. The van der Waals surface area contributed by atoms with E-state index in [1.165, 1.54) is 5.56 Å². The summed E-state index contributed by atoms with van der Waals surface area (Å²) in [6, 6.07) is 25.5. The van der Waals surface area contributed by atoms with Crippen LogP contribution in [0.3, 0.4) is 0 Å². The molecule has 0 spiro atoms. The highest BCUT2D eigenvalue weighted by Gasteiger charge is 2.17. The molecule has 5 nitrogen and oxygen atoms in total. The largest absolute Gasteiger partial charge is 0.507 e. The lowest BCUT2D eigenvalue weighted by Gasteiger charge is -2.19. The molecule has 37 heavy (non-hydrogen) atoms. The predicted molar refractivity (Wildman–Crippen MR) is 147 cm³/mol. The number of aromatic hydroxyl groups is 2. The first-order valence-corrected chi connectivity index (χ1v) is 12.8. The van der Waals surface area contributed by atoms with Gasteiger partial charge < -0.3 is 24.6 Å². The summed E-state index contributed by atoms with van der Waals surface area (Å²) in [5.74, 6) is 2.29. The molecule has 0 atom stereocenters. The minimum absolute atomic E-state index is 0.115. The molecule has 0 amide bonds. The molecule has 4 aromatic carbocycles. The number of hydrogen-bond donors (Lipinski definition) is 2. The van der Waals surface area contributed by atoms with Gasteiger partial charge in [0.25, 0.3) is 0 Å². The fourth-order valence-electron chi connectivity index (χ4n) is 4.71. The molecule has 4 aliphatic rings. The van der Waals surface area contributed by atoms with E-state index in [4.69, 9.17) is 9.47 Å². The second kappa shape index (κ2) is 11.0. The first kappa shape index (κ1) is 24.7. The number of aryl methyl sites for hydroxylation is 4. The van der Waals surface area contributed by atoms with Crippen LogP contribution in [-0.4, -0.2) is 42.4 Å². The first-order chi connectivity index (χ1) is 18.0. The summed E-state index contributed by atoms with van der Waals surface area (Å²) in [7, 11) is 4.05. The van der Waals surface area contributed by atoms with Crippen LogP contribution in [0.2, 0.25) is 0 Å². The fraction of sp³-hybridized carbons (Fsp3) is 0.250. The van der Waals surface area contributed by atoms with Gasteiger partial charge in [-0.1, -0.05) is 42.5 Å². The minimum atomic E-state index is 0.115. The van der Waals surface area contributed by atoms with Gasteiger partial charge in [0.1, 0.15) is 23.9 Å². The molecular weight excluding hydrogens is 462 g/mol. The van der Waals surface area contributed by atoms with Crippen molar-refractivity contribution in [1.29, 1.82) is 0 Å². The zero-order chi connectivity index (χ0) is 25.8. The standard InChI is InChI=1S/C32H33NO4/c1-33(2)18-19-36-30-5-3-4-25-13-8-22-9-14-26(15-10-22)37-31-21-24(12-17-28(31)34)7-6-23-11-16-27(32(25)30)29(35)20-23/h3-5,9-12,14-17,20-21,34-35H,6-8,13,18-19H2,1-2H3. The van der Waals surface area contributed by atoms with Gasteiger partial charge in [0.05, 0.1) is 0 Å². The maximum Gasteiger partial charge on any atom is 0.169 e. The molecule has 8 rings (SSSR count). The van der Waals surface area contributed by atoms with E-state index in [2.05, 4.69) is 29.2 Å². The second-order valence-corrected chi connectivity index (χ2v) is 9.84. The molecule has 5 heteroatoms. The van der Waals surface area contributed by atoms with E-state index in [0.29, 0.717) is 18.1 Å². The lowest BCUT2D eigenvalue weighted by molar-refractivity contribution is 0.262. The molecule has 0 unspecified atom stereocenters. The molecular formula is C32H33NO4. The molecule has 0 saturated heterocycles. The van der Waals surface area contributed by atoms with Gasteiger partial charge in [0.15, 0.2) is 11.5 Å². The van der Waals surface area contributed by atoms with Gasteiger partial charge in [-0.2, -0.15) is 0 Å². The van der Waals surface area contributed by atoms with E-state index < -0.39 is 0 Å². The Kier molecular flexibility index (Phi) is 7.33. The average Bonchev–Trinajstić information content (AvgIpc) is 2.88. The fourth-order valence-corrected chi connectivity index (χ4v) is 4.71. The Labute approximate surface area is 218 Å². The van der Waals surface area contributed by atoms with Gasteiger partial charge in [-0.3, -0.25) is 0 Å². The van der Waals surface area contributed by atoms with Gasteiger partial charge in [0.2, 0.25) is 0 Å². The van der Waals surface area contributed by atoms with Crippen molar-refractivity contribution in [2.45, 2.75) is 25.7 Å². The first-order valence-electron chi connectivity index (χ1n) is 12.8. The molecule has 0 saturated carbocycles. The zero-order valence-electron chi connectivity index (χ0n) is 21.4. The molecule has 0 fully saturated rings. The van der Waals surface area contributed by atoms with E-state index in [1.807, 2.05) is 62.6 Å². The van der Waals surface area contributed by atoms with Gasteiger partial charge in [-0.25, -0.2) is 0 Å². The number of phenolic OH excluding ortho intramolecular Hbond substituents is 2. The summed E-state index contributed by atoms with van der Waals surface area (Å²) in [4.78, 5) is 2.09. The summed E-state index contributed by atoms with van der Waals surface area (Å²) in [5, 5.41) is 21.5. The molecule has 6 bridgehead atoms. The molecule has 2 N–H and O–H groups in total. The van der Waals surface area contributed by atoms with Crippen molar-refractivity contribution < 1.29 is 19.7 Å². The van der Waals surface area contributed by atoms with Crippen LogP contribution in [0.1, 0.15) is 22.3 Å². The Hall–Kier alpha value is -3.96. The number of hydrogen-bond acceptors (Lipinski definition) is 5. The quantitative estimate of drug-likeness (QED) is 0.344. The summed E-state index contributed by atoms with van der Waals surface area (Å²) in [6.07, 6.45) is 3.13. The van der Waals surface area contributed by atoms with Crippen molar-refractivity contribution in [1.82, 2.24) is 4.90 Å². The third kappa shape index (κ3) is 5.89. The van der Waals surface area contributed by atoms with Crippen molar-refractivity contribution >= 4 is 0 Å². The Morgan fingerprint density at radius 3 is 2.22 bits per heavy atom. The molecule has 0 aliphatic carbocycles. The van der Waals surface area contributed by atoms with Gasteiger partial charge >= 0.3 is 0 Å². The highest BCUT2D eigenvalue weighted by molar-refractivity contribution is 5.79. The third-order valence-corrected chi connectivity index (χ3v) is 6.80. The van der Waals surface area contributed by atoms with E-state index in [-0.39, 0.29) is 11.5 Å². The minimum Gasteiger partial charge on any atom is -0.507 e. The molecule has 190 valence electrons. The Morgan fingerprint density at radius 2 is 1.46 bits per heavy atom. The van der Waals surface area contributed by atoms with Crippen LogP contribution >= 0.6 is 0 Å². The van der Waals surface area contributed by atoms with E-state index in [1.54, 1.807) is 6.07 Å². The number of ether oxygens (including phenoxy) is 2. The van der Waals surface area contributed by atoms with Crippen LogP contribution in [0.25, 0.3) is 11.1 Å². The Morgan fingerprint density at radius 1 is 0.757 bits per heavy atom. The van der Waals surface area contributed by atoms with Crippen molar-refractivity contribution in [3.63, 3.8) is 0 Å². The molecule has 4 heterocycles. The number of benzene rings is 4.